The highest BCUT2D eigenvalue weighted by atomic mass is 16.6. The second-order valence-corrected chi connectivity index (χ2v) is 5.46. The number of carbonyl (C=O) groups is 1. The minimum atomic E-state index is -0.838. The Kier molecular flexibility index (Phi) is 4.38. The van der Waals surface area contributed by atoms with Gasteiger partial charge in [0.1, 0.15) is 0 Å². The van der Waals surface area contributed by atoms with E-state index in [2.05, 4.69) is 4.98 Å². The van der Waals surface area contributed by atoms with E-state index in [1.807, 2.05) is 24.3 Å². The molecule has 0 fully saturated rings. The number of H-pyrrole nitrogens is 1. The number of ketones is 1. The molecule has 1 atom stereocenters. The molecule has 128 valence electrons. The number of nitrogens with zero attached hydrogens (tertiary/aromatic N) is 1. The summed E-state index contributed by atoms with van der Waals surface area (Å²) in [6.45, 7) is 1.60. The van der Waals surface area contributed by atoms with Gasteiger partial charge in [0.25, 0.3) is 5.69 Å². The number of rotatable bonds is 6. The van der Waals surface area contributed by atoms with Crippen LogP contribution in [0.15, 0.2) is 48.7 Å². The third kappa shape index (κ3) is 3.16. The summed E-state index contributed by atoms with van der Waals surface area (Å²) in [5, 5.41) is 11.7. The number of fused-ring (bicyclic) bond motifs is 1. The number of hydrogen-bond acceptors (Lipinski definition) is 5. The van der Waals surface area contributed by atoms with Crippen LogP contribution < -0.4 is 9.47 Å². The highest BCUT2D eigenvalue weighted by Gasteiger charge is 2.22. The van der Waals surface area contributed by atoms with Crippen LogP contribution in [0.25, 0.3) is 10.9 Å². The summed E-state index contributed by atoms with van der Waals surface area (Å²) in [5.41, 5.74) is 1.22. The molecule has 3 aromatic rings. The summed E-state index contributed by atoms with van der Waals surface area (Å²) in [6, 6.07) is 11.5. The Balaban J connectivity index is 1.89. The summed E-state index contributed by atoms with van der Waals surface area (Å²) >= 11 is 0. The number of nitro benzene ring substituents is 1. The first-order valence-corrected chi connectivity index (χ1v) is 7.60. The Morgan fingerprint density at radius 2 is 1.96 bits per heavy atom. The van der Waals surface area contributed by atoms with E-state index in [4.69, 9.17) is 9.47 Å². The molecule has 0 aliphatic rings. The van der Waals surface area contributed by atoms with Gasteiger partial charge in [-0.15, -0.1) is 0 Å². The average molecular weight is 340 g/mol. The zero-order valence-electron chi connectivity index (χ0n) is 13.7. The van der Waals surface area contributed by atoms with Crippen molar-refractivity contribution >= 4 is 22.4 Å². The highest BCUT2D eigenvalue weighted by molar-refractivity contribution is 6.09. The van der Waals surface area contributed by atoms with Crippen LogP contribution in [0.2, 0.25) is 0 Å². The molecule has 1 heterocycles. The van der Waals surface area contributed by atoms with Crippen molar-refractivity contribution in [2.45, 2.75) is 13.0 Å². The maximum absolute atomic E-state index is 12.7. The molecule has 0 amide bonds. The number of benzene rings is 2. The van der Waals surface area contributed by atoms with Gasteiger partial charge in [-0.3, -0.25) is 14.9 Å². The molecule has 25 heavy (non-hydrogen) atoms. The maximum Gasteiger partial charge on any atom is 0.273 e. The van der Waals surface area contributed by atoms with Gasteiger partial charge in [0.2, 0.25) is 5.78 Å². The molecule has 0 saturated heterocycles. The van der Waals surface area contributed by atoms with E-state index in [1.54, 1.807) is 13.1 Å². The fourth-order valence-corrected chi connectivity index (χ4v) is 2.61. The van der Waals surface area contributed by atoms with E-state index in [0.717, 1.165) is 10.9 Å². The lowest BCUT2D eigenvalue weighted by Crippen LogP contribution is -2.24. The number of para-hydroxylation sites is 1. The van der Waals surface area contributed by atoms with Crippen LogP contribution >= 0.6 is 0 Å². The highest BCUT2D eigenvalue weighted by Crippen LogP contribution is 2.32. The number of Topliss-reactive ketones (excluding diaryl/α,β-unsaturated/α-hetero) is 1. The standard InChI is InChI=1S/C18H16N2O5/c1-11(18(21)14-10-19-15-6-4-3-5-13(14)15)25-17-9-12(20(22)23)7-8-16(17)24-2/h3-11,19H,1-2H3/t11-/m1/s1. The van der Waals surface area contributed by atoms with E-state index in [-0.39, 0.29) is 17.2 Å². The number of methoxy groups -OCH3 is 1. The van der Waals surface area contributed by atoms with Gasteiger partial charge < -0.3 is 14.5 Å². The van der Waals surface area contributed by atoms with Gasteiger partial charge in [-0.25, -0.2) is 0 Å². The van der Waals surface area contributed by atoms with E-state index in [1.165, 1.54) is 25.3 Å². The second kappa shape index (κ2) is 6.64. The molecule has 0 aliphatic heterocycles. The minimum absolute atomic E-state index is 0.137. The van der Waals surface area contributed by atoms with Crippen LogP contribution in [0.5, 0.6) is 11.5 Å². The lowest BCUT2D eigenvalue weighted by Gasteiger charge is -2.15. The second-order valence-electron chi connectivity index (χ2n) is 5.46. The molecule has 0 spiro atoms. The number of ether oxygens (including phenoxy) is 2. The molecule has 7 nitrogen and oxygen atoms in total. The van der Waals surface area contributed by atoms with E-state index >= 15 is 0 Å². The van der Waals surface area contributed by atoms with Gasteiger partial charge in [-0.1, -0.05) is 18.2 Å². The number of nitro groups is 1. The zero-order chi connectivity index (χ0) is 18.0. The molecular formula is C18H16N2O5. The van der Waals surface area contributed by atoms with Crippen molar-refractivity contribution in [2.75, 3.05) is 7.11 Å². The summed E-state index contributed by atoms with van der Waals surface area (Å²) < 4.78 is 10.8. The predicted molar refractivity (Wildman–Crippen MR) is 92.4 cm³/mol. The molecule has 0 saturated carbocycles. The molecule has 0 bridgehead atoms. The van der Waals surface area contributed by atoms with Crippen molar-refractivity contribution in [2.24, 2.45) is 0 Å². The van der Waals surface area contributed by atoms with E-state index in [0.29, 0.717) is 11.3 Å². The van der Waals surface area contributed by atoms with Crippen LogP contribution in [0, 0.1) is 10.1 Å². The quantitative estimate of drug-likeness (QED) is 0.419. The summed E-state index contributed by atoms with van der Waals surface area (Å²) in [6.07, 6.45) is 0.799. The largest absolute Gasteiger partial charge is 0.493 e. The van der Waals surface area contributed by atoms with Gasteiger partial charge in [0, 0.05) is 28.7 Å². The number of nitrogens with one attached hydrogen (secondary N) is 1. The number of aromatic nitrogens is 1. The summed E-state index contributed by atoms with van der Waals surface area (Å²) in [7, 11) is 1.43. The number of carbonyl (C=O) groups excluding carboxylic acids is 1. The fraction of sp³-hybridized carbons (Fsp3) is 0.167. The van der Waals surface area contributed by atoms with Gasteiger partial charge in [-0.05, 0) is 19.1 Å². The Bertz CT molecular complexity index is 948. The Morgan fingerprint density at radius 3 is 2.68 bits per heavy atom. The van der Waals surface area contributed by atoms with Gasteiger partial charge in [0.05, 0.1) is 18.1 Å². The number of aromatic amines is 1. The Labute approximate surface area is 143 Å². The smallest absolute Gasteiger partial charge is 0.273 e. The van der Waals surface area contributed by atoms with Crippen LogP contribution in [0.3, 0.4) is 0 Å². The summed E-state index contributed by atoms with van der Waals surface area (Å²) in [5.74, 6) is 0.243. The van der Waals surface area contributed by atoms with Crippen molar-refractivity contribution < 1.29 is 19.2 Å². The fourth-order valence-electron chi connectivity index (χ4n) is 2.61. The Morgan fingerprint density at radius 1 is 1.20 bits per heavy atom. The number of non-ortho nitro benzene ring substituents is 1. The first kappa shape index (κ1) is 16.5. The lowest BCUT2D eigenvalue weighted by molar-refractivity contribution is -0.385. The molecule has 1 N–H and O–H groups in total. The van der Waals surface area contributed by atoms with Crippen molar-refractivity contribution in [3.63, 3.8) is 0 Å². The predicted octanol–water partition coefficient (Wildman–Crippen LogP) is 3.73. The topological polar surface area (TPSA) is 94.5 Å². The molecule has 0 unspecified atom stereocenters. The average Bonchev–Trinajstić information content (AvgIpc) is 3.04. The van der Waals surface area contributed by atoms with Gasteiger partial charge >= 0.3 is 0 Å². The Hall–Kier alpha value is -3.35. The van der Waals surface area contributed by atoms with Crippen LogP contribution in [-0.4, -0.2) is 28.9 Å². The minimum Gasteiger partial charge on any atom is -0.493 e. The zero-order valence-corrected chi connectivity index (χ0v) is 13.7. The van der Waals surface area contributed by atoms with Crippen molar-refractivity contribution in [1.29, 1.82) is 0 Å². The van der Waals surface area contributed by atoms with Gasteiger partial charge in [0.15, 0.2) is 17.6 Å². The van der Waals surface area contributed by atoms with Crippen LogP contribution in [-0.2, 0) is 0 Å². The summed E-state index contributed by atoms with van der Waals surface area (Å²) in [4.78, 5) is 26.2. The first-order chi connectivity index (χ1) is 12.0. The molecule has 1 aromatic heterocycles. The third-order valence-electron chi connectivity index (χ3n) is 3.89. The maximum atomic E-state index is 12.7. The third-order valence-corrected chi connectivity index (χ3v) is 3.89. The molecule has 0 aliphatic carbocycles. The first-order valence-electron chi connectivity index (χ1n) is 7.60. The van der Waals surface area contributed by atoms with Crippen molar-refractivity contribution in [3.05, 3.63) is 64.3 Å². The van der Waals surface area contributed by atoms with E-state index < -0.39 is 11.0 Å². The van der Waals surface area contributed by atoms with E-state index in [9.17, 15) is 14.9 Å². The molecular weight excluding hydrogens is 324 g/mol. The normalized spacial score (nSPS) is 11.9. The molecule has 0 radical (unpaired) electrons. The molecule has 2 aromatic carbocycles. The number of hydrogen-bond donors (Lipinski definition) is 1. The molecule has 7 heteroatoms. The van der Waals surface area contributed by atoms with Crippen molar-refractivity contribution in [1.82, 2.24) is 4.98 Å². The van der Waals surface area contributed by atoms with Crippen LogP contribution in [0.4, 0.5) is 5.69 Å². The van der Waals surface area contributed by atoms with Crippen molar-refractivity contribution in [3.8, 4) is 11.5 Å². The van der Waals surface area contributed by atoms with Gasteiger partial charge in [-0.2, -0.15) is 0 Å². The molecule has 3 rings (SSSR count). The monoisotopic (exact) mass is 340 g/mol. The van der Waals surface area contributed by atoms with Crippen LogP contribution in [0.1, 0.15) is 17.3 Å². The SMILES string of the molecule is COc1ccc([N+](=O)[O-])cc1O[C@H](C)C(=O)c1c[nH]c2ccccc12. The lowest BCUT2D eigenvalue weighted by atomic mass is 10.1.